The molecule has 1 aromatic rings. The monoisotopic (exact) mass is 281 g/mol. The van der Waals surface area contributed by atoms with Crippen LogP contribution < -0.4 is 5.32 Å². The highest BCUT2D eigenvalue weighted by atomic mass is 19.1. The molecule has 1 rings (SSSR count). The fourth-order valence-corrected chi connectivity index (χ4v) is 1.29. The topological polar surface area (TPSA) is 86.6 Å². The Morgan fingerprint density at radius 3 is 2.50 bits per heavy atom. The molecule has 1 amide bonds. The number of aliphatic carboxylic acids is 1. The first kappa shape index (κ1) is 15.8. The van der Waals surface area contributed by atoms with E-state index in [1.807, 2.05) is 0 Å². The molecule has 0 saturated heterocycles. The molecule has 0 aliphatic rings. The smallest absolute Gasteiger partial charge is 0.337 e. The van der Waals surface area contributed by atoms with Gasteiger partial charge in [0.15, 0.2) is 5.60 Å². The Labute approximate surface area is 115 Å². The van der Waals surface area contributed by atoms with Crippen LogP contribution in [0.25, 0.3) is 6.08 Å². The van der Waals surface area contributed by atoms with E-state index in [0.29, 0.717) is 0 Å². The summed E-state index contributed by atoms with van der Waals surface area (Å²) in [6.45, 7) is 0.732. The van der Waals surface area contributed by atoms with Crippen LogP contribution in [0.1, 0.15) is 18.9 Å². The Bertz CT molecular complexity index is 508. The second kappa shape index (κ2) is 6.81. The van der Waals surface area contributed by atoms with Crippen molar-refractivity contribution >= 4 is 18.0 Å². The van der Waals surface area contributed by atoms with Crippen molar-refractivity contribution in [1.29, 1.82) is 0 Å². The molecule has 0 aliphatic carbocycles. The van der Waals surface area contributed by atoms with Crippen LogP contribution in [0, 0.1) is 5.82 Å². The number of hydrogen-bond donors (Lipinski definition) is 3. The van der Waals surface area contributed by atoms with Crippen LogP contribution in [0.15, 0.2) is 30.3 Å². The van der Waals surface area contributed by atoms with Crippen LogP contribution >= 0.6 is 0 Å². The fourth-order valence-electron chi connectivity index (χ4n) is 1.29. The van der Waals surface area contributed by atoms with Gasteiger partial charge in [0.2, 0.25) is 5.91 Å². The van der Waals surface area contributed by atoms with E-state index in [1.165, 1.54) is 12.1 Å². The molecule has 3 N–H and O–H groups in total. The van der Waals surface area contributed by atoms with Crippen LogP contribution in [0.2, 0.25) is 0 Å². The van der Waals surface area contributed by atoms with Crippen molar-refractivity contribution in [3.8, 4) is 0 Å². The maximum absolute atomic E-state index is 12.7. The van der Waals surface area contributed by atoms with E-state index in [-0.39, 0.29) is 18.8 Å². The van der Waals surface area contributed by atoms with Gasteiger partial charge in [0.25, 0.3) is 0 Å². The van der Waals surface area contributed by atoms with Crippen LogP contribution in [0.5, 0.6) is 0 Å². The summed E-state index contributed by atoms with van der Waals surface area (Å²) in [5.74, 6) is -2.15. The van der Waals surface area contributed by atoms with Gasteiger partial charge in [-0.1, -0.05) is 24.3 Å². The normalized spacial score (nSPS) is 13.9. The molecular weight excluding hydrogens is 265 g/mol. The highest BCUT2D eigenvalue weighted by molar-refractivity contribution is 5.81. The molecule has 20 heavy (non-hydrogen) atoms. The van der Waals surface area contributed by atoms with Crippen molar-refractivity contribution in [3.63, 3.8) is 0 Å². The number of carboxylic acid groups (broad SMARTS) is 1. The van der Waals surface area contributed by atoms with Crippen LogP contribution in [0.3, 0.4) is 0 Å². The number of rotatable bonds is 6. The molecule has 1 aromatic carbocycles. The number of benzene rings is 1. The van der Waals surface area contributed by atoms with Gasteiger partial charge in [-0.05, 0) is 24.6 Å². The lowest BCUT2D eigenvalue weighted by Gasteiger charge is -2.17. The molecule has 6 heteroatoms. The van der Waals surface area contributed by atoms with Gasteiger partial charge < -0.3 is 15.5 Å². The maximum atomic E-state index is 12.7. The van der Waals surface area contributed by atoms with E-state index in [1.54, 1.807) is 24.3 Å². The molecule has 0 aromatic heterocycles. The molecule has 0 aliphatic heterocycles. The summed E-state index contributed by atoms with van der Waals surface area (Å²) in [7, 11) is 0. The molecule has 0 fully saturated rings. The molecule has 108 valence electrons. The summed E-state index contributed by atoms with van der Waals surface area (Å²) in [4.78, 5) is 22.0. The first-order chi connectivity index (χ1) is 9.31. The molecule has 0 saturated carbocycles. The number of nitrogens with one attached hydrogen (secondary N) is 1. The molecule has 1 atom stereocenters. The predicted molar refractivity (Wildman–Crippen MR) is 71.3 cm³/mol. The molecule has 5 nitrogen and oxygen atoms in total. The van der Waals surface area contributed by atoms with Crippen molar-refractivity contribution in [2.75, 3.05) is 6.54 Å². The van der Waals surface area contributed by atoms with E-state index in [0.717, 1.165) is 12.5 Å². The van der Waals surface area contributed by atoms with Gasteiger partial charge in [-0.25, -0.2) is 9.18 Å². The Balaban J connectivity index is 2.40. The molecule has 0 heterocycles. The van der Waals surface area contributed by atoms with Crippen LogP contribution in [-0.2, 0) is 9.59 Å². The lowest BCUT2D eigenvalue weighted by molar-refractivity contribution is -0.156. The van der Waals surface area contributed by atoms with Gasteiger partial charge in [0.05, 0.1) is 6.54 Å². The fraction of sp³-hybridized carbons (Fsp3) is 0.286. The summed E-state index contributed by atoms with van der Waals surface area (Å²) in [5.41, 5.74) is -1.24. The van der Waals surface area contributed by atoms with Crippen molar-refractivity contribution in [1.82, 2.24) is 5.32 Å². The van der Waals surface area contributed by atoms with Gasteiger partial charge in [0.1, 0.15) is 5.82 Å². The third-order valence-corrected chi connectivity index (χ3v) is 2.57. The van der Waals surface area contributed by atoms with Gasteiger partial charge in [0, 0.05) is 6.42 Å². The van der Waals surface area contributed by atoms with E-state index >= 15 is 0 Å². The number of carbonyl (C=O) groups is 2. The van der Waals surface area contributed by atoms with Gasteiger partial charge in [-0.2, -0.15) is 0 Å². The average Bonchev–Trinajstić information content (AvgIpc) is 2.39. The Kier molecular flexibility index (Phi) is 5.40. The van der Waals surface area contributed by atoms with E-state index in [4.69, 9.17) is 5.11 Å². The third-order valence-electron chi connectivity index (χ3n) is 2.57. The molecule has 0 radical (unpaired) electrons. The molecular formula is C14H16FNO4. The van der Waals surface area contributed by atoms with Gasteiger partial charge >= 0.3 is 5.97 Å². The summed E-state index contributed by atoms with van der Waals surface area (Å²) in [5, 5.41) is 20.4. The first-order valence-electron chi connectivity index (χ1n) is 5.96. The number of hydrogen-bond acceptors (Lipinski definition) is 3. The summed E-state index contributed by atoms with van der Waals surface area (Å²) >= 11 is 0. The minimum absolute atomic E-state index is 0.0348. The zero-order valence-electron chi connectivity index (χ0n) is 11.0. The SMILES string of the molecule is CC(O)(CNC(=O)C/C=C/c1ccc(F)cc1)C(=O)O. The highest BCUT2D eigenvalue weighted by Gasteiger charge is 2.29. The van der Waals surface area contributed by atoms with Gasteiger partial charge in [-0.3, -0.25) is 4.79 Å². The standard InChI is InChI=1S/C14H16FNO4/c1-14(20,13(18)19)9-16-12(17)4-2-3-10-5-7-11(15)8-6-10/h2-3,5-8,20H,4,9H2,1H3,(H,16,17)(H,18,19)/b3-2+. The van der Waals surface area contributed by atoms with Crippen LogP contribution in [-0.4, -0.2) is 34.2 Å². The van der Waals surface area contributed by atoms with Crippen molar-refractivity contribution in [3.05, 3.63) is 41.7 Å². The van der Waals surface area contributed by atoms with Crippen LogP contribution in [0.4, 0.5) is 4.39 Å². The first-order valence-corrected chi connectivity index (χ1v) is 5.96. The summed E-state index contributed by atoms with van der Waals surface area (Å²) < 4.78 is 12.7. The summed E-state index contributed by atoms with van der Waals surface area (Å²) in [6, 6.07) is 5.76. The third kappa shape index (κ3) is 5.19. The van der Waals surface area contributed by atoms with E-state index < -0.39 is 17.5 Å². The number of aliphatic hydroxyl groups is 1. The molecule has 0 spiro atoms. The summed E-state index contributed by atoms with van der Waals surface area (Å²) in [6.07, 6.45) is 3.25. The molecule has 1 unspecified atom stereocenters. The number of halogens is 1. The minimum Gasteiger partial charge on any atom is -0.479 e. The van der Waals surface area contributed by atoms with Gasteiger partial charge in [-0.15, -0.1) is 0 Å². The van der Waals surface area contributed by atoms with Crippen molar-refractivity contribution < 1.29 is 24.2 Å². The zero-order chi connectivity index (χ0) is 15.2. The quantitative estimate of drug-likeness (QED) is 0.731. The van der Waals surface area contributed by atoms with E-state index in [9.17, 15) is 19.1 Å². The van der Waals surface area contributed by atoms with Crippen molar-refractivity contribution in [2.45, 2.75) is 18.9 Å². The predicted octanol–water partition coefficient (Wildman–Crippen LogP) is 1.18. The number of carbonyl (C=O) groups excluding carboxylic acids is 1. The zero-order valence-corrected chi connectivity index (χ0v) is 11.0. The maximum Gasteiger partial charge on any atom is 0.337 e. The lowest BCUT2D eigenvalue weighted by atomic mass is 10.1. The lowest BCUT2D eigenvalue weighted by Crippen LogP contribution is -2.46. The molecule has 0 bridgehead atoms. The largest absolute Gasteiger partial charge is 0.479 e. The second-order valence-corrected chi connectivity index (χ2v) is 4.51. The second-order valence-electron chi connectivity index (χ2n) is 4.51. The Morgan fingerprint density at radius 1 is 1.35 bits per heavy atom. The minimum atomic E-state index is -1.99. The average molecular weight is 281 g/mol. The Hall–Kier alpha value is -2.21. The Morgan fingerprint density at radius 2 is 1.95 bits per heavy atom. The number of carboxylic acids is 1. The number of amides is 1. The van der Waals surface area contributed by atoms with E-state index in [2.05, 4.69) is 5.32 Å². The highest BCUT2D eigenvalue weighted by Crippen LogP contribution is 2.05. The van der Waals surface area contributed by atoms with Crippen molar-refractivity contribution in [2.24, 2.45) is 0 Å².